The van der Waals surface area contributed by atoms with E-state index in [1.54, 1.807) is 24.3 Å². The van der Waals surface area contributed by atoms with Gasteiger partial charge >= 0.3 is 0 Å². The van der Waals surface area contributed by atoms with Crippen LogP contribution in [0.2, 0.25) is 0 Å². The van der Waals surface area contributed by atoms with Crippen LogP contribution >= 0.6 is 0 Å². The molecule has 0 aromatic heterocycles. The number of hydrogen-bond donors (Lipinski definition) is 1. The van der Waals surface area contributed by atoms with Gasteiger partial charge in [-0.2, -0.15) is 5.26 Å². The largest absolute Gasteiger partial charge is 0.457 e. The Morgan fingerprint density at radius 1 is 1.06 bits per heavy atom. The molecule has 0 saturated carbocycles. The Morgan fingerprint density at radius 3 is 2.33 bits per heavy atom. The number of nitrogens with zero attached hydrogens (tertiary/aromatic N) is 1. The van der Waals surface area contributed by atoms with Gasteiger partial charge in [0.2, 0.25) is 0 Å². The molecule has 0 aliphatic heterocycles. The molecular formula is C15H14N2O. The average Bonchev–Trinajstić information content (AvgIpc) is 2.37. The molecule has 3 heteroatoms. The van der Waals surface area contributed by atoms with Gasteiger partial charge in [-0.15, -0.1) is 0 Å². The van der Waals surface area contributed by atoms with Crippen LogP contribution in [0.25, 0.3) is 0 Å². The molecule has 0 amide bonds. The molecule has 0 fully saturated rings. The minimum atomic E-state index is 0.613. The molecule has 18 heavy (non-hydrogen) atoms. The minimum Gasteiger partial charge on any atom is -0.457 e. The van der Waals surface area contributed by atoms with Crippen molar-refractivity contribution < 1.29 is 4.74 Å². The van der Waals surface area contributed by atoms with E-state index in [0.717, 1.165) is 16.9 Å². The number of nitrogen functional groups attached to an aromatic ring is 1. The van der Waals surface area contributed by atoms with Crippen molar-refractivity contribution in [2.75, 3.05) is 5.73 Å². The predicted molar refractivity (Wildman–Crippen MR) is 71.6 cm³/mol. The smallest absolute Gasteiger partial charge is 0.132 e. The van der Waals surface area contributed by atoms with Crippen molar-refractivity contribution in [1.29, 1.82) is 5.26 Å². The molecule has 2 N–H and O–H groups in total. The van der Waals surface area contributed by atoms with Crippen molar-refractivity contribution >= 4 is 5.69 Å². The lowest BCUT2D eigenvalue weighted by atomic mass is 10.1. The summed E-state index contributed by atoms with van der Waals surface area (Å²) in [6, 6.07) is 12.9. The van der Waals surface area contributed by atoms with Crippen LogP contribution in [0.4, 0.5) is 5.69 Å². The maximum Gasteiger partial charge on any atom is 0.132 e. The van der Waals surface area contributed by atoms with Crippen LogP contribution in [0.15, 0.2) is 36.4 Å². The quantitative estimate of drug-likeness (QED) is 0.814. The molecule has 3 nitrogen and oxygen atoms in total. The van der Waals surface area contributed by atoms with Crippen molar-refractivity contribution in [2.24, 2.45) is 0 Å². The van der Waals surface area contributed by atoms with Crippen molar-refractivity contribution in [1.82, 2.24) is 0 Å². The number of benzene rings is 2. The van der Waals surface area contributed by atoms with Crippen LogP contribution in [0, 0.1) is 25.2 Å². The number of aryl methyl sites for hydroxylation is 2. The van der Waals surface area contributed by atoms with Gasteiger partial charge in [0, 0.05) is 11.8 Å². The van der Waals surface area contributed by atoms with E-state index in [0.29, 0.717) is 17.0 Å². The fourth-order valence-electron chi connectivity index (χ4n) is 1.68. The normalized spacial score (nSPS) is 9.83. The number of nitriles is 1. The lowest BCUT2D eigenvalue weighted by molar-refractivity contribution is 0.479. The number of anilines is 1. The highest BCUT2D eigenvalue weighted by molar-refractivity contribution is 5.55. The van der Waals surface area contributed by atoms with Crippen LogP contribution in [0.1, 0.15) is 16.7 Å². The predicted octanol–water partition coefficient (Wildman–Crippen LogP) is 3.55. The van der Waals surface area contributed by atoms with Crippen LogP contribution in [0.3, 0.4) is 0 Å². The summed E-state index contributed by atoms with van der Waals surface area (Å²) < 4.78 is 5.76. The lowest BCUT2D eigenvalue weighted by Crippen LogP contribution is -1.94. The Labute approximate surface area is 106 Å². The van der Waals surface area contributed by atoms with Crippen molar-refractivity contribution in [2.45, 2.75) is 13.8 Å². The van der Waals surface area contributed by atoms with E-state index in [9.17, 15) is 0 Å². The highest BCUT2D eigenvalue weighted by Gasteiger charge is 2.05. The molecule has 90 valence electrons. The molecule has 0 spiro atoms. The molecular weight excluding hydrogens is 224 g/mol. The summed E-state index contributed by atoms with van der Waals surface area (Å²) >= 11 is 0. The van der Waals surface area contributed by atoms with E-state index >= 15 is 0 Å². The number of nitrogens with two attached hydrogens (primary N) is 1. The van der Waals surface area contributed by atoms with Gasteiger partial charge in [0.25, 0.3) is 0 Å². The van der Waals surface area contributed by atoms with Gasteiger partial charge in [-0.05, 0) is 49.2 Å². The van der Waals surface area contributed by atoms with Crippen LogP contribution < -0.4 is 10.5 Å². The molecule has 0 aliphatic carbocycles. The third kappa shape index (κ3) is 2.44. The summed E-state index contributed by atoms with van der Waals surface area (Å²) in [5.41, 5.74) is 9.27. The highest BCUT2D eigenvalue weighted by Crippen LogP contribution is 2.29. The summed E-state index contributed by atoms with van der Waals surface area (Å²) in [5, 5.41) is 8.72. The summed E-state index contributed by atoms with van der Waals surface area (Å²) in [5.74, 6) is 1.43. The lowest BCUT2D eigenvalue weighted by Gasteiger charge is -2.11. The highest BCUT2D eigenvalue weighted by atomic mass is 16.5. The number of ether oxygens (including phenoxy) is 1. The molecule has 0 heterocycles. The molecule has 0 bridgehead atoms. The zero-order valence-corrected chi connectivity index (χ0v) is 10.4. The Balaban J connectivity index is 2.28. The SMILES string of the molecule is Cc1cc(C)c(Oc2ccc(C#N)cc2)cc1N. The molecule has 2 rings (SSSR count). The van der Waals surface area contributed by atoms with Crippen molar-refractivity contribution in [3.8, 4) is 17.6 Å². The van der Waals surface area contributed by atoms with E-state index < -0.39 is 0 Å². The third-order valence-electron chi connectivity index (χ3n) is 2.77. The van der Waals surface area contributed by atoms with E-state index in [-0.39, 0.29) is 0 Å². The zero-order valence-electron chi connectivity index (χ0n) is 10.4. The van der Waals surface area contributed by atoms with E-state index in [4.69, 9.17) is 15.7 Å². The fraction of sp³-hybridized carbons (Fsp3) is 0.133. The Kier molecular flexibility index (Phi) is 3.20. The molecule has 2 aromatic carbocycles. The van der Waals surface area contributed by atoms with Gasteiger partial charge in [-0.25, -0.2) is 0 Å². The van der Waals surface area contributed by atoms with E-state index in [1.165, 1.54) is 0 Å². The Bertz CT molecular complexity index is 610. The van der Waals surface area contributed by atoms with Crippen molar-refractivity contribution in [3.63, 3.8) is 0 Å². The Morgan fingerprint density at radius 2 is 1.72 bits per heavy atom. The van der Waals surface area contributed by atoms with Gasteiger partial charge in [0.05, 0.1) is 11.6 Å². The second-order valence-electron chi connectivity index (χ2n) is 4.21. The molecule has 0 saturated heterocycles. The first-order chi connectivity index (χ1) is 8.60. The van der Waals surface area contributed by atoms with E-state index in [1.807, 2.05) is 26.0 Å². The summed E-state index contributed by atoms with van der Waals surface area (Å²) in [7, 11) is 0. The second kappa shape index (κ2) is 4.80. The number of rotatable bonds is 2. The first kappa shape index (κ1) is 12.0. The molecule has 2 aromatic rings. The van der Waals surface area contributed by atoms with Gasteiger partial charge in [0.1, 0.15) is 11.5 Å². The summed E-state index contributed by atoms with van der Waals surface area (Å²) in [6.45, 7) is 3.94. The second-order valence-corrected chi connectivity index (χ2v) is 4.21. The maximum atomic E-state index is 8.72. The minimum absolute atomic E-state index is 0.613. The molecule has 0 atom stereocenters. The molecule has 0 aliphatic rings. The van der Waals surface area contributed by atoms with Crippen molar-refractivity contribution in [3.05, 3.63) is 53.1 Å². The van der Waals surface area contributed by atoms with E-state index in [2.05, 4.69) is 6.07 Å². The standard InChI is InChI=1S/C15H14N2O/c1-10-7-11(2)15(8-14(10)17)18-13-5-3-12(9-16)4-6-13/h3-8H,17H2,1-2H3. The van der Waals surface area contributed by atoms with Crippen LogP contribution in [-0.2, 0) is 0 Å². The monoisotopic (exact) mass is 238 g/mol. The van der Waals surface area contributed by atoms with Crippen LogP contribution in [-0.4, -0.2) is 0 Å². The van der Waals surface area contributed by atoms with Crippen LogP contribution in [0.5, 0.6) is 11.5 Å². The van der Waals surface area contributed by atoms with Gasteiger partial charge in [-0.3, -0.25) is 0 Å². The summed E-state index contributed by atoms with van der Waals surface area (Å²) in [6.07, 6.45) is 0. The summed E-state index contributed by atoms with van der Waals surface area (Å²) in [4.78, 5) is 0. The number of hydrogen-bond acceptors (Lipinski definition) is 3. The average molecular weight is 238 g/mol. The first-order valence-corrected chi connectivity index (χ1v) is 5.65. The fourth-order valence-corrected chi connectivity index (χ4v) is 1.68. The topological polar surface area (TPSA) is 59.0 Å². The third-order valence-corrected chi connectivity index (χ3v) is 2.77. The zero-order chi connectivity index (χ0) is 13.1. The Hall–Kier alpha value is -2.47. The molecule has 0 radical (unpaired) electrons. The van der Waals surface area contributed by atoms with Gasteiger partial charge < -0.3 is 10.5 Å². The first-order valence-electron chi connectivity index (χ1n) is 5.65. The molecule has 0 unspecified atom stereocenters. The van der Waals surface area contributed by atoms with Gasteiger partial charge in [0.15, 0.2) is 0 Å². The maximum absolute atomic E-state index is 8.72. The van der Waals surface area contributed by atoms with Gasteiger partial charge in [-0.1, -0.05) is 6.07 Å².